The van der Waals surface area contributed by atoms with Gasteiger partial charge in [-0.2, -0.15) is 10.2 Å². The number of H-pyrrole nitrogens is 1. The summed E-state index contributed by atoms with van der Waals surface area (Å²) in [7, 11) is 0. The van der Waals surface area contributed by atoms with E-state index in [1.165, 1.54) is 22.6 Å². The van der Waals surface area contributed by atoms with Gasteiger partial charge in [-0.05, 0) is 24.8 Å². The van der Waals surface area contributed by atoms with Crippen LogP contribution in [0.5, 0.6) is 0 Å². The second-order valence-electron chi connectivity index (χ2n) is 6.77. The molecule has 0 unspecified atom stereocenters. The van der Waals surface area contributed by atoms with Crippen molar-refractivity contribution >= 4 is 17.0 Å². The topological polar surface area (TPSA) is 119 Å². The smallest absolute Gasteiger partial charge is 0.338 e. The van der Waals surface area contributed by atoms with E-state index in [1.807, 2.05) is 18.2 Å². The number of aromatic nitrogens is 6. The van der Waals surface area contributed by atoms with Gasteiger partial charge in [0.1, 0.15) is 5.52 Å². The summed E-state index contributed by atoms with van der Waals surface area (Å²) < 4.78 is 2.89. The molecule has 0 bridgehead atoms. The van der Waals surface area contributed by atoms with Crippen LogP contribution in [-0.4, -0.2) is 40.6 Å². The SMILES string of the molecule is O=C(O)c1cnn(-c2nc3cnn(CCCCCc4ccccc4)c3c(=O)[nH]2)c1. The van der Waals surface area contributed by atoms with Gasteiger partial charge in [0.25, 0.3) is 5.56 Å². The summed E-state index contributed by atoms with van der Waals surface area (Å²) >= 11 is 0. The van der Waals surface area contributed by atoms with Crippen LogP contribution in [0.4, 0.5) is 0 Å². The van der Waals surface area contributed by atoms with Crippen molar-refractivity contribution in [3.63, 3.8) is 0 Å². The van der Waals surface area contributed by atoms with Gasteiger partial charge in [-0.1, -0.05) is 36.8 Å². The van der Waals surface area contributed by atoms with Crippen LogP contribution in [0.2, 0.25) is 0 Å². The minimum absolute atomic E-state index is 0.0129. The summed E-state index contributed by atoms with van der Waals surface area (Å²) in [5.41, 5.74) is 1.86. The number of hydrogen-bond acceptors (Lipinski definition) is 5. The van der Waals surface area contributed by atoms with Crippen molar-refractivity contribution in [2.75, 3.05) is 0 Å². The van der Waals surface area contributed by atoms with Crippen molar-refractivity contribution in [1.29, 1.82) is 0 Å². The van der Waals surface area contributed by atoms with E-state index >= 15 is 0 Å². The average Bonchev–Trinajstić information content (AvgIpc) is 3.36. The van der Waals surface area contributed by atoms with Crippen LogP contribution in [0.3, 0.4) is 0 Å². The van der Waals surface area contributed by atoms with E-state index in [0.717, 1.165) is 25.7 Å². The summed E-state index contributed by atoms with van der Waals surface area (Å²) in [4.78, 5) is 30.6. The molecule has 4 rings (SSSR count). The van der Waals surface area contributed by atoms with Crippen LogP contribution in [0.25, 0.3) is 17.0 Å². The van der Waals surface area contributed by atoms with Crippen molar-refractivity contribution in [2.24, 2.45) is 0 Å². The van der Waals surface area contributed by atoms with Gasteiger partial charge in [0, 0.05) is 12.7 Å². The van der Waals surface area contributed by atoms with E-state index < -0.39 is 5.97 Å². The molecule has 0 atom stereocenters. The normalized spacial score (nSPS) is 11.2. The number of carbonyl (C=O) groups is 1. The molecule has 3 heterocycles. The van der Waals surface area contributed by atoms with Gasteiger partial charge in [-0.15, -0.1) is 0 Å². The molecule has 9 heteroatoms. The molecular formula is C20H20N6O3. The Hall–Kier alpha value is -3.75. The monoisotopic (exact) mass is 392 g/mol. The molecule has 0 saturated carbocycles. The lowest BCUT2D eigenvalue weighted by molar-refractivity contribution is 0.0697. The fourth-order valence-electron chi connectivity index (χ4n) is 3.23. The highest BCUT2D eigenvalue weighted by Gasteiger charge is 2.13. The number of unbranched alkanes of at least 4 members (excludes halogenated alkanes) is 2. The Balaban J connectivity index is 1.43. The summed E-state index contributed by atoms with van der Waals surface area (Å²) in [6.45, 7) is 0.632. The van der Waals surface area contributed by atoms with Crippen LogP contribution in [0, 0.1) is 0 Å². The number of carboxylic acid groups (broad SMARTS) is 1. The van der Waals surface area contributed by atoms with E-state index in [9.17, 15) is 9.59 Å². The maximum atomic E-state index is 12.6. The largest absolute Gasteiger partial charge is 0.478 e. The lowest BCUT2D eigenvalue weighted by Crippen LogP contribution is -2.17. The van der Waals surface area contributed by atoms with Crippen LogP contribution >= 0.6 is 0 Å². The average molecular weight is 392 g/mol. The first-order chi connectivity index (χ1) is 14.1. The van der Waals surface area contributed by atoms with Gasteiger partial charge in [0.05, 0.1) is 18.0 Å². The molecule has 0 fully saturated rings. The molecule has 0 saturated heterocycles. The fourth-order valence-corrected chi connectivity index (χ4v) is 3.23. The highest BCUT2D eigenvalue weighted by molar-refractivity contribution is 5.87. The number of hydrogen-bond donors (Lipinski definition) is 2. The van der Waals surface area contributed by atoms with Crippen molar-refractivity contribution in [3.05, 3.63) is 70.4 Å². The summed E-state index contributed by atoms with van der Waals surface area (Å²) in [5.74, 6) is -0.947. The van der Waals surface area contributed by atoms with E-state index in [4.69, 9.17) is 5.11 Å². The summed E-state index contributed by atoms with van der Waals surface area (Å²) in [6.07, 6.45) is 8.09. The third-order valence-electron chi connectivity index (χ3n) is 4.71. The third kappa shape index (κ3) is 4.08. The van der Waals surface area contributed by atoms with Crippen molar-refractivity contribution in [2.45, 2.75) is 32.2 Å². The molecule has 0 aliphatic heterocycles. The highest BCUT2D eigenvalue weighted by Crippen LogP contribution is 2.12. The molecule has 29 heavy (non-hydrogen) atoms. The Morgan fingerprint density at radius 2 is 1.90 bits per heavy atom. The number of fused-ring (bicyclic) bond motifs is 1. The first kappa shape index (κ1) is 18.6. The third-order valence-corrected chi connectivity index (χ3v) is 4.71. The molecule has 0 amide bonds. The standard InChI is InChI=1S/C20H20N6O3/c27-18-17-16(23-20(24-18)26-13-15(11-21-26)19(28)29)12-22-25(17)10-6-2-5-9-14-7-3-1-4-8-14/h1,3-4,7-8,11-13H,2,5-6,9-10H2,(H,28,29)(H,23,24,27). The number of aryl methyl sites for hydroxylation is 2. The summed E-state index contributed by atoms with van der Waals surface area (Å²) in [6, 6.07) is 10.4. The van der Waals surface area contributed by atoms with E-state index in [1.54, 1.807) is 10.9 Å². The molecule has 0 aliphatic rings. The molecule has 0 radical (unpaired) electrons. The molecule has 9 nitrogen and oxygen atoms in total. The predicted octanol–water partition coefficient (Wildman–Crippen LogP) is 2.42. The second-order valence-corrected chi connectivity index (χ2v) is 6.77. The quantitative estimate of drug-likeness (QED) is 0.445. The van der Waals surface area contributed by atoms with Gasteiger partial charge in [0.2, 0.25) is 5.95 Å². The van der Waals surface area contributed by atoms with E-state index in [-0.39, 0.29) is 17.1 Å². The van der Waals surface area contributed by atoms with Gasteiger partial charge in [-0.25, -0.2) is 14.5 Å². The lowest BCUT2D eigenvalue weighted by atomic mass is 10.1. The zero-order chi connectivity index (χ0) is 20.2. The predicted molar refractivity (Wildman–Crippen MR) is 106 cm³/mol. The Morgan fingerprint density at radius 3 is 2.66 bits per heavy atom. The number of aromatic carboxylic acids is 1. The van der Waals surface area contributed by atoms with Crippen molar-refractivity contribution in [3.8, 4) is 5.95 Å². The molecule has 0 aliphatic carbocycles. The van der Waals surface area contributed by atoms with Crippen molar-refractivity contribution < 1.29 is 9.90 Å². The zero-order valence-corrected chi connectivity index (χ0v) is 15.7. The van der Waals surface area contributed by atoms with Gasteiger partial charge in [-0.3, -0.25) is 14.5 Å². The first-order valence-electron chi connectivity index (χ1n) is 9.40. The van der Waals surface area contributed by atoms with E-state index in [2.05, 4.69) is 32.3 Å². The van der Waals surface area contributed by atoms with Crippen molar-refractivity contribution in [1.82, 2.24) is 29.5 Å². The number of carboxylic acids is 1. The highest BCUT2D eigenvalue weighted by atomic mass is 16.4. The molecule has 2 N–H and O–H groups in total. The van der Waals surface area contributed by atoms with Crippen LogP contribution in [0.1, 0.15) is 35.2 Å². The van der Waals surface area contributed by atoms with Crippen LogP contribution < -0.4 is 5.56 Å². The minimum atomic E-state index is -1.10. The molecule has 148 valence electrons. The van der Waals surface area contributed by atoms with Crippen LogP contribution in [-0.2, 0) is 13.0 Å². The van der Waals surface area contributed by atoms with Gasteiger partial charge in [0.15, 0.2) is 5.52 Å². The van der Waals surface area contributed by atoms with Crippen LogP contribution in [0.15, 0.2) is 53.7 Å². The number of benzene rings is 1. The molecule has 0 spiro atoms. The molecular weight excluding hydrogens is 372 g/mol. The summed E-state index contributed by atoms with van der Waals surface area (Å²) in [5, 5.41) is 17.2. The van der Waals surface area contributed by atoms with E-state index in [0.29, 0.717) is 17.6 Å². The van der Waals surface area contributed by atoms with Gasteiger partial charge >= 0.3 is 5.97 Å². The Labute approximate surface area is 165 Å². The Kier molecular flexibility index (Phi) is 5.19. The first-order valence-corrected chi connectivity index (χ1v) is 9.40. The molecule has 3 aromatic heterocycles. The van der Waals surface area contributed by atoms with Gasteiger partial charge < -0.3 is 5.11 Å². The number of nitrogens with one attached hydrogen (secondary N) is 1. The Bertz CT molecular complexity index is 1190. The minimum Gasteiger partial charge on any atom is -0.478 e. The lowest BCUT2D eigenvalue weighted by Gasteiger charge is -2.05. The number of aromatic amines is 1. The Morgan fingerprint density at radius 1 is 1.07 bits per heavy atom. The second kappa shape index (κ2) is 8.09. The molecule has 4 aromatic rings. The number of rotatable bonds is 8. The maximum Gasteiger partial charge on any atom is 0.338 e. The fraction of sp³-hybridized carbons (Fsp3) is 0.250. The zero-order valence-electron chi connectivity index (χ0n) is 15.7. The molecule has 1 aromatic carbocycles. The number of nitrogens with zero attached hydrogens (tertiary/aromatic N) is 5. The maximum absolute atomic E-state index is 12.6.